The number of benzene rings is 3. The molecule has 0 aromatic heterocycles. The van der Waals surface area contributed by atoms with E-state index in [0.29, 0.717) is 43.2 Å². The van der Waals surface area contributed by atoms with Gasteiger partial charge in [-0.15, -0.1) is 0 Å². The third-order valence-corrected chi connectivity index (χ3v) is 10.0. The van der Waals surface area contributed by atoms with Gasteiger partial charge in [-0.2, -0.15) is 4.31 Å². The number of likely N-dealkylation sites (tertiary alicyclic amines) is 1. The summed E-state index contributed by atoms with van der Waals surface area (Å²) in [6.45, 7) is 9.18. The average Bonchev–Trinajstić information content (AvgIpc) is 2.99. The molecule has 2 aliphatic rings. The Kier molecular flexibility index (Phi) is 9.32. The molecule has 2 aliphatic heterocycles. The van der Waals surface area contributed by atoms with Crippen LogP contribution in [0.4, 0.5) is 0 Å². The predicted molar refractivity (Wildman–Crippen MR) is 158 cm³/mol. The molecule has 2 fully saturated rings. The van der Waals surface area contributed by atoms with Crippen LogP contribution in [-0.4, -0.2) is 67.7 Å². The molecule has 3 aromatic carbocycles. The van der Waals surface area contributed by atoms with Crippen LogP contribution in [0.3, 0.4) is 0 Å². The second-order valence-corrected chi connectivity index (χ2v) is 13.1. The summed E-state index contributed by atoms with van der Waals surface area (Å²) in [5, 5.41) is 3.03. The molecule has 5 rings (SSSR count). The second kappa shape index (κ2) is 13.1. The molecule has 0 unspecified atom stereocenters. The van der Waals surface area contributed by atoms with Gasteiger partial charge in [-0.25, -0.2) is 8.42 Å². The van der Waals surface area contributed by atoms with E-state index in [2.05, 4.69) is 46.3 Å². The van der Waals surface area contributed by atoms with Gasteiger partial charge in [0.2, 0.25) is 10.0 Å². The van der Waals surface area contributed by atoms with Gasteiger partial charge in [-0.3, -0.25) is 14.6 Å². The van der Waals surface area contributed by atoms with Gasteiger partial charge in [0, 0.05) is 51.4 Å². The first-order valence-corrected chi connectivity index (χ1v) is 15.8. The van der Waals surface area contributed by atoms with Crippen molar-refractivity contribution >= 4 is 15.9 Å². The van der Waals surface area contributed by atoms with Crippen molar-refractivity contribution in [2.75, 3.05) is 39.3 Å². The van der Waals surface area contributed by atoms with Crippen molar-refractivity contribution in [2.24, 2.45) is 5.92 Å². The standard InChI is InChI=1S/C32H40N4O3S/c1-26-15-17-34(18-16-26)24-28-9-7-27(8-10-28)23-33-32(37)30-13-11-29(12-14-30)25-35-19-21-36(22-20-35)40(38,39)31-5-3-2-4-6-31/h2-14,26H,15-25H2,1H3,(H,33,37). The van der Waals surface area contributed by atoms with Crippen molar-refractivity contribution in [1.29, 1.82) is 0 Å². The molecule has 2 saturated heterocycles. The minimum absolute atomic E-state index is 0.0854. The molecular weight excluding hydrogens is 520 g/mol. The summed E-state index contributed by atoms with van der Waals surface area (Å²) in [6, 6.07) is 24.9. The highest BCUT2D eigenvalue weighted by Gasteiger charge is 2.28. The van der Waals surface area contributed by atoms with E-state index in [0.717, 1.165) is 30.1 Å². The number of carbonyl (C=O) groups is 1. The number of carbonyl (C=O) groups excluding carboxylic acids is 1. The van der Waals surface area contributed by atoms with Crippen LogP contribution in [0.5, 0.6) is 0 Å². The summed E-state index contributed by atoms with van der Waals surface area (Å²) < 4.78 is 27.3. The molecule has 0 spiro atoms. The number of amides is 1. The van der Waals surface area contributed by atoms with Gasteiger partial charge in [0.15, 0.2) is 0 Å². The van der Waals surface area contributed by atoms with Gasteiger partial charge in [0.05, 0.1) is 4.90 Å². The summed E-state index contributed by atoms with van der Waals surface area (Å²) in [5.74, 6) is 0.755. The minimum atomic E-state index is -3.45. The number of sulfonamides is 1. The third-order valence-electron chi connectivity index (χ3n) is 8.09. The fourth-order valence-corrected chi connectivity index (χ4v) is 6.86. The highest BCUT2D eigenvalue weighted by Crippen LogP contribution is 2.20. The van der Waals surface area contributed by atoms with Gasteiger partial charge < -0.3 is 5.32 Å². The van der Waals surface area contributed by atoms with Gasteiger partial charge in [-0.05, 0) is 72.8 Å². The lowest BCUT2D eigenvalue weighted by molar-refractivity contribution is 0.0951. The first-order valence-electron chi connectivity index (χ1n) is 14.3. The Bertz CT molecular complexity index is 1350. The molecule has 0 radical (unpaired) electrons. The molecule has 7 nitrogen and oxygen atoms in total. The Hall–Kier alpha value is -3.04. The quantitative estimate of drug-likeness (QED) is 0.421. The SMILES string of the molecule is CC1CCN(Cc2ccc(CNC(=O)c3ccc(CN4CCN(S(=O)(=O)c5ccccc5)CC4)cc3)cc2)CC1. The first kappa shape index (κ1) is 28.5. The highest BCUT2D eigenvalue weighted by atomic mass is 32.2. The number of rotatable bonds is 9. The van der Waals surface area contributed by atoms with Crippen molar-refractivity contribution in [1.82, 2.24) is 19.4 Å². The lowest BCUT2D eigenvalue weighted by Crippen LogP contribution is -2.48. The molecule has 1 N–H and O–H groups in total. The van der Waals surface area contributed by atoms with E-state index >= 15 is 0 Å². The molecule has 3 aromatic rings. The maximum absolute atomic E-state index is 12.9. The lowest BCUT2D eigenvalue weighted by Gasteiger charge is -2.34. The Balaban J connectivity index is 1.05. The largest absolute Gasteiger partial charge is 0.348 e. The number of nitrogens with one attached hydrogen (secondary N) is 1. The van der Waals surface area contributed by atoms with Crippen molar-refractivity contribution in [3.63, 3.8) is 0 Å². The molecule has 0 aliphatic carbocycles. The van der Waals surface area contributed by atoms with Crippen molar-refractivity contribution in [2.45, 2.75) is 44.3 Å². The summed E-state index contributed by atoms with van der Waals surface area (Å²) in [5.41, 5.74) is 4.15. The number of piperidine rings is 1. The lowest BCUT2D eigenvalue weighted by atomic mass is 9.99. The zero-order valence-corrected chi connectivity index (χ0v) is 24.2. The summed E-state index contributed by atoms with van der Waals surface area (Å²) >= 11 is 0. The van der Waals surface area contributed by atoms with Crippen molar-refractivity contribution in [3.8, 4) is 0 Å². The van der Waals surface area contributed by atoms with E-state index in [9.17, 15) is 13.2 Å². The van der Waals surface area contributed by atoms with E-state index in [-0.39, 0.29) is 5.91 Å². The van der Waals surface area contributed by atoms with Gasteiger partial charge in [-0.1, -0.05) is 61.5 Å². The molecule has 1 amide bonds. The highest BCUT2D eigenvalue weighted by molar-refractivity contribution is 7.89. The minimum Gasteiger partial charge on any atom is -0.348 e. The predicted octanol–water partition coefficient (Wildman–Crippen LogP) is 4.36. The Labute approximate surface area is 238 Å². The average molecular weight is 561 g/mol. The van der Waals surface area contributed by atoms with Crippen LogP contribution in [0, 0.1) is 5.92 Å². The summed E-state index contributed by atoms with van der Waals surface area (Å²) in [6.07, 6.45) is 2.56. The van der Waals surface area contributed by atoms with E-state index in [1.54, 1.807) is 28.6 Å². The maximum atomic E-state index is 12.9. The van der Waals surface area contributed by atoms with E-state index in [1.165, 1.54) is 31.5 Å². The number of hydrogen-bond acceptors (Lipinski definition) is 5. The zero-order chi connectivity index (χ0) is 28.0. The van der Waals surface area contributed by atoms with Crippen molar-refractivity contribution in [3.05, 3.63) is 101 Å². The third kappa shape index (κ3) is 7.37. The van der Waals surface area contributed by atoms with Gasteiger partial charge in [0.25, 0.3) is 5.91 Å². The van der Waals surface area contributed by atoms with Crippen LogP contribution < -0.4 is 5.32 Å². The molecule has 40 heavy (non-hydrogen) atoms. The fourth-order valence-electron chi connectivity index (χ4n) is 5.41. The Morgan fingerprint density at radius 1 is 0.725 bits per heavy atom. The van der Waals surface area contributed by atoms with Crippen LogP contribution in [0.25, 0.3) is 0 Å². The number of nitrogens with zero attached hydrogens (tertiary/aromatic N) is 3. The summed E-state index contributed by atoms with van der Waals surface area (Å²) in [7, 11) is -3.45. The van der Waals surface area contributed by atoms with Crippen LogP contribution in [0.15, 0.2) is 83.8 Å². The van der Waals surface area contributed by atoms with E-state index in [4.69, 9.17) is 0 Å². The molecule has 0 bridgehead atoms. The second-order valence-electron chi connectivity index (χ2n) is 11.1. The Morgan fingerprint density at radius 3 is 1.85 bits per heavy atom. The van der Waals surface area contributed by atoms with Crippen molar-refractivity contribution < 1.29 is 13.2 Å². The van der Waals surface area contributed by atoms with E-state index < -0.39 is 10.0 Å². The van der Waals surface area contributed by atoms with Gasteiger partial charge >= 0.3 is 0 Å². The fraction of sp³-hybridized carbons (Fsp3) is 0.406. The molecule has 8 heteroatoms. The molecule has 2 heterocycles. The molecule has 0 atom stereocenters. The van der Waals surface area contributed by atoms with Crippen LogP contribution in [0.1, 0.15) is 46.8 Å². The number of hydrogen-bond donors (Lipinski definition) is 1. The Morgan fingerprint density at radius 2 is 1.25 bits per heavy atom. The number of piperazine rings is 1. The van der Waals surface area contributed by atoms with Crippen LogP contribution >= 0.6 is 0 Å². The van der Waals surface area contributed by atoms with Crippen LogP contribution in [0.2, 0.25) is 0 Å². The normalized spacial score (nSPS) is 18.0. The molecule has 0 saturated carbocycles. The van der Waals surface area contributed by atoms with Crippen LogP contribution in [-0.2, 0) is 29.7 Å². The molecular formula is C32H40N4O3S. The topological polar surface area (TPSA) is 73.0 Å². The first-order chi connectivity index (χ1) is 19.4. The molecule has 212 valence electrons. The zero-order valence-electron chi connectivity index (χ0n) is 23.3. The summed E-state index contributed by atoms with van der Waals surface area (Å²) in [4.78, 5) is 17.9. The maximum Gasteiger partial charge on any atom is 0.251 e. The monoisotopic (exact) mass is 560 g/mol. The van der Waals surface area contributed by atoms with Gasteiger partial charge in [0.1, 0.15) is 0 Å². The van der Waals surface area contributed by atoms with E-state index in [1.807, 2.05) is 30.3 Å². The smallest absolute Gasteiger partial charge is 0.251 e.